The summed E-state index contributed by atoms with van der Waals surface area (Å²) in [5, 5.41) is 2.70. The summed E-state index contributed by atoms with van der Waals surface area (Å²) in [7, 11) is 1.68. The molecule has 1 atom stereocenters. The molecule has 2 heterocycles. The summed E-state index contributed by atoms with van der Waals surface area (Å²) in [6.07, 6.45) is 1.81. The van der Waals surface area contributed by atoms with Gasteiger partial charge in [0.2, 0.25) is 5.91 Å². The summed E-state index contributed by atoms with van der Waals surface area (Å²) < 4.78 is 0. The first-order chi connectivity index (χ1) is 8.72. The summed E-state index contributed by atoms with van der Waals surface area (Å²) >= 11 is 0. The van der Waals surface area contributed by atoms with Crippen molar-refractivity contribution in [2.24, 2.45) is 0 Å². The Bertz CT molecular complexity index is 387. The fourth-order valence-electron chi connectivity index (χ4n) is 2.25. The molecule has 0 saturated carbocycles. The van der Waals surface area contributed by atoms with Crippen molar-refractivity contribution >= 4 is 11.7 Å². The molecule has 98 valence electrons. The van der Waals surface area contributed by atoms with Crippen molar-refractivity contribution in [3.05, 3.63) is 24.4 Å². The van der Waals surface area contributed by atoms with Crippen LogP contribution in [0.1, 0.15) is 6.92 Å². The van der Waals surface area contributed by atoms with Gasteiger partial charge in [-0.3, -0.25) is 9.69 Å². The fourth-order valence-corrected chi connectivity index (χ4v) is 2.25. The van der Waals surface area contributed by atoms with Gasteiger partial charge >= 0.3 is 0 Å². The maximum atomic E-state index is 11.6. The maximum Gasteiger partial charge on any atom is 0.236 e. The monoisotopic (exact) mass is 248 g/mol. The van der Waals surface area contributed by atoms with Crippen molar-refractivity contribution in [3.8, 4) is 0 Å². The van der Waals surface area contributed by atoms with Gasteiger partial charge in [-0.25, -0.2) is 4.98 Å². The first-order valence-electron chi connectivity index (χ1n) is 6.34. The zero-order chi connectivity index (χ0) is 13.0. The number of nitrogens with one attached hydrogen (secondary N) is 1. The summed E-state index contributed by atoms with van der Waals surface area (Å²) in [6, 6.07) is 5.90. The van der Waals surface area contributed by atoms with Crippen LogP contribution in [0.3, 0.4) is 0 Å². The molecule has 2 rings (SSSR count). The number of carbonyl (C=O) groups is 1. The molecule has 0 aliphatic carbocycles. The average Bonchev–Trinajstić information content (AvgIpc) is 2.47. The molecule has 5 nitrogen and oxygen atoms in total. The first-order valence-corrected chi connectivity index (χ1v) is 6.34. The van der Waals surface area contributed by atoms with Crippen LogP contribution in [-0.2, 0) is 4.79 Å². The van der Waals surface area contributed by atoms with Crippen molar-refractivity contribution < 1.29 is 4.79 Å². The molecule has 1 amide bonds. The van der Waals surface area contributed by atoms with Gasteiger partial charge in [-0.15, -0.1) is 0 Å². The van der Waals surface area contributed by atoms with E-state index in [4.69, 9.17) is 0 Å². The number of likely N-dealkylation sites (N-methyl/N-ethyl adjacent to an activating group) is 1. The predicted molar refractivity (Wildman–Crippen MR) is 71.6 cm³/mol. The number of hydrogen-bond donors (Lipinski definition) is 1. The van der Waals surface area contributed by atoms with Gasteiger partial charge in [0.15, 0.2) is 0 Å². The van der Waals surface area contributed by atoms with E-state index in [1.54, 1.807) is 7.05 Å². The van der Waals surface area contributed by atoms with E-state index in [1.165, 1.54) is 0 Å². The van der Waals surface area contributed by atoms with Crippen LogP contribution in [0.5, 0.6) is 0 Å². The molecule has 18 heavy (non-hydrogen) atoms. The number of nitrogens with zero attached hydrogens (tertiary/aromatic N) is 3. The number of anilines is 1. The summed E-state index contributed by atoms with van der Waals surface area (Å²) in [4.78, 5) is 20.4. The lowest BCUT2D eigenvalue weighted by Gasteiger charge is -2.37. The average molecular weight is 248 g/mol. The van der Waals surface area contributed by atoms with E-state index in [0.29, 0.717) is 0 Å². The van der Waals surface area contributed by atoms with Crippen LogP contribution in [0.2, 0.25) is 0 Å². The fraction of sp³-hybridized carbons (Fsp3) is 0.538. The minimum atomic E-state index is -0.0547. The van der Waals surface area contributed by atoms with Gasteiger partial charge in [-0.05, 0) is 19.1 Å². The van der Waals surface area contributed by atoms with Crippen molar-refractivity contribution in [1.29, 1.82) is 0 Å². The smallest absolute Gasteiger partial charge is 0.236 e. The lowest BCUT2D eigenvalue weighted by molar-refractivity contribution is -0.125. The first kappa shape index (κ1) is 12.8. The van der Waals surface area contributed by atoms with Crippen molar-refractivity contribution in [2.75, 3.05) is 38.1 Å². The normalized spacial score (nSPS) is 18.4. The summed E-state index contributed by atoms with van der Waals surface area (Å²) in [6.45, 7) is 5.57. The number of carbonyl (C=O) groups excluding carboxylic acids is 1. The third-order valence-electron chi connectivity index (χ3n) is 3.46. The van der Waals surface area contributed by atoms with E-state index in [-0.39, 0.29) is 11.9 Å². The molecule has 0 bridgehead atoms. The highest BCUT2D eigenvalue weighted by molar-refractivity contribution is 5.81. The van der Waals surface area contributed by atoms with E-state index >= 15 is 0 Å². The third-order valence-corrected chi connectivity index (χ3v) is 3.46. The van der Waals surface area contributed by atoms with Crippen molar-refractivity contribution in [1.82, 2.24) is 15.2 Å². The molecule has 5 heteroatoms. The largest absolute Gasteiger partial charge is 0.358 e. The van der Waals surface area contributed by atoms with Gasteiger partial charge < -0.3 is 10.2 Å². The Morgan fingerprint density at radius 3 is 2.61 bits per heavy atom. The second-order valence-electron chi connectivity index (χ2n) is 4.50. The van der Waals surface area contributed by atoms with Crippen LogP contribution in [-0.4, -0.2) is 55.1 Å². The van der Waals surface area contributed by atoms with Crippen LogP contribution in [0.25, 0.3) is 0 Å². The van der Waals surface area contributed by atoms with Gasteiger partial charge in [0.1, 0.15) is 5.82 Å². The topological polar surface area (TPSA) is 48.5 Å². The van der Waals surface area contributed by atoms with Gasteiger partial charge in [0.05, 0.1) is 6.04 Å². The molecule has 1 aliphatic heterocycles. The molecule has 1 aromatic heterocycles. The zero-order valence-corrected chi connectivity index (χ0v) is 11.0. The zero-order valence-electron chi connectivity index (χ0n) is 11.0. The van der Waals surface area contributed by atoms with Crippen molar-refractivity contribution in [3.63, 3.8) is 0 Å². The molecule has 1 aliphatic rings. The van der Waals surface area contributed by atoms with E-state index in [1.807, 2.05) is 31.3 Å². The highest BCUT2D eigenvalue weighted by atomic mass is 16.2. The third kappa shape index (κ3) is 2.79. The van der Waals surface area contributed by atoms with Crippen LogP contribution < -0.4 is 10.2 Å². The molecule has 1 N–H and O–H groups in total. The molecule has 0 spiro atoms. The molecule has 1 fully saturated rings. The van der Waals surface area contributed by atoms with E-state index in [9.17, 15) is 4.79 Å². The highest BCUT2D eigenvalue weighted by Gasteiger charge is 2.25. The number of pyridine rings is 1. The standard InChI is InChI=1S/C13H20N4O/c1-11(13(18)14-2)16-7-9-17(10-8-16)12-5-3-4-6-15-12/h3-6,11H,7-10H2,1-2H3,(H,14,18)/t11-/m1/s1. The second kappa shape index (κ2) is 5.82. The molecule has 0 radical (unpaired) electrons. The number of aromatic nitrogens is 1. The Balaban J connectivity index is 1.90. The quantitative estimate of drug-likeness (QED) is 0.838. The minimum Gasteiger partial charge on any atom is -0.358 e. The van der Waals surface area contributed by atoms with Crippen LogP contribution in [0.4, 0.5) is 5.82 Å². The van der Waals surface area contributed by atoms with E-state index in [0.717, 1.165) is 32.0 Å². The SMILES string of the molecule is CNC(=O)[C@@H](C)N1CCN(c2ccccn2)CC1. The summed E-state index contributed by atoms with van der Waals surface area (Å²) in [5.41, 5.74) is 0. The molecular formula is C13H20N4O. The van der Waals surface area contributed by atoms with Crippen LogP contribution in [0.15, 0.2) is 24.4 Å². The van der Waals surface area contributed by atoms with Gasteiger partial charge in [-0.1, -0.05) is 6.07 Å². The number of piperazine rings is 1. The predicted octanol–water partition coefficient (Wildman–Crippen LogP) is 0.338. The Morgan fingerprint density at radius 1 is 1.33 bits per heavy atom. The van der Waals surface area contributed by atoms with E-state index in [2.05, 4.69) is 20.1 Å². The molecule has 0 aromatic carbocycles. The Morgan fingerprint density at radius 2 is 2.06 bits per heavy atom. The molecular weight excluding hydrogens is 228 g/mol. The minimum absolute atomic E-state index is 0.0547. The van der Waals surface area contributed by atoms with Gasteiger partial charge in [-0.2, -0.15) is 0 Å². The van der Waals surface area contributed by atoms with Crippen LogP contribution >= 0.6 is 0 Å². The van der Waals surface area contributed by atoms with Gasteiger partial charge in [0, 0.05) is 39.4 Å². The summed E-state index contributed by atoms with van der Waals surface area (Å²) in [5.74, 6) is 1.10. The maximum absolute atomic E-state index is 11.6. The molecule has 0 unspecified atom stereocenters. The lowest BCUT2D eigenvalue weighted by Crippen LogP contribution is -2.53. The van der Waals surface area contributed by atoms with Crippen LogP contribution in [0, 0.1) is 0 Å². The second-order valence-corrected chi connectivity index (χ2v) is 4.50. The molecule has 1 aromatic rings. The van der Waals surface area contributed by atoms with Gasteiger partial charge in [0.25, 0.3) is 0 Å². The number of rotatable bonds is 3. The Kier molecular flexibility index (Phi) is 4.15. The number of hydrogen-bond acceptors (Lipinski definition) is 4. The molecule has 1 saturated heterocycles. The Labute approximate surface area is 108 Å². The van der Waals surface area contributed by atoms with E-state index < -0.39 is 0 Å². The lowest BCUT2D eigenvalue weighted by atomic mass is 10.2. The highest BCUT2D eigenvalue weighted by Crippen LogP contribution is 2.13. The number of amides is 1. The van der Waals surface area contributed by atoms with Crippen molar-refractivity contribution in [2.45, 2.75) is 13.0 Å². The Hall–Kier alpha value is -1.62.